The summed E-state index contributed by atoms with van der Waals surface area (Å²) in [5.74, 6) is 0. The molecule has 62 valence electrons. The van der Waals surface area contributed by atoms with Gasteiger partial charge in [0.15, 0.2) is 0 Å². The Bertz CT molecular complexity index is 436. The molecule has 0 amide bonds. The lowest BCUT2D eigenvalue weighted by molar-refractivity contribution is 1.13. The molecule has 2 aromatic rings. The summed E-state index contributed by atoms with van der Waals surface area (Å²) in [6, 6.07) is 0. The van der Waals surface area contributed by atoms with Crippen LogP contribution in [-0.4, -0.2) is 9.97 Å². The maximum absolute atomic E-state index is 4.41. The summed E-state index contributed by atoms with van der Waals surface area (Å²) < 4.78 is 2.50. The third-order valence-electron chi connectivity index (χ3n) is 1.76. The maximum Gasteiger partial charge on any atom is 0.103 e. The van der Waals surface area contributed by atoms with Crippen LogP contribution >= 0.6 is 33.9 Å². The van der Waals surface area contributed by atoms with Crippen molar-refractivity contribution >= 4 is 44.1 Å². The van der Waals surface area contributed by atoms with Crippen LogP contribution in [0.25, 0.3) is 10.2 Å². The van der Waals surface area contributed by atoms with E-state index in [1.807, 2.05) is 19.4 Å². The van der Waals surface area contributed by atoms with Crippen molar-refractivity contribution in [2.24, 2.45) is 0 Å². The van der Waals surface area contributed by atoms with Crippen LogP contribution in [0.5, 0.6) is 0 Å². The molecule has 0 aliphatic carbocycles. The van der Waals surface area contributed by atoms with Gasteiger partial charge < -0.3 is 0 Å². The predicted octanol–water partition coefficient (Wildman–Crippen LogP) is 2.91. The highest BCUT2D eigenvalue weighted by atomic mass is 127. The van der Waals surface area contributed by atoms with Crippen LogP contribution in [0.15, 0.2) is 5.51 Å². The smallest absolute Gasteiger partial charge is 0.103 e. The summed E-state index contributed by atoms with van der Waals surface area (Å²) >= 11 is 4.01. The molecule has 0 fully saturated rings. The molecule has 0 spiro atoms. The van der Waals surface area contributed by atoms with E-state index in [9.17, 15) is 0 Å². The van der Waals surface area contributed by atoms with E-state index in [2.05, 4.69) is 32.6 Å². The Morgan fingerprint density at radius 3 is 2.83 bits per heavy atom. The van der Waals surface area contributed by atoms with E-state index in [1.54, 1.807) is 11.3 Å². The molecule has 2 nitrogen and oxygen atoms in total. The van der Waals surface area contributed by atoms with Crippen molar-refractivity contribution in [2.45, 2.75) is 13.8 Å². The Balaban J connectivity index is 2.97. The van der Waals surface area contributed by atoms with Crippen molar-refractivity contribution in [3.63, 3.8) is 0 Å². The minimum absolute atomic E-state index is 1.03. The molecule has 0 bridgehead atoms. The lowest BCUT2D eigenvalue weighted by Crippen LogP contribution is -1.91. The number of pyridine rings is 1. The van der Waals surface area contributed by atoms with Crippen LogP contribution in [0.3, 0.4) is 0 Å². The van der Waals surface area contributed by atoms with Gasteiger partial charge in [-0.15, -0.1) is 11.3 Å². The molecule has 0 N–H and O–H groups in total. The Hall–Kier alpha value is -0.230. The first-order chi connectivity index (χ1) is 5.70. The first kappa shape index (κ1) is 8.37. The van der Waals surface area contributed by atoms with Gasteiger partial charge in [-0.3, -0.25) is 4.98 Å². The second-order valence-electron chi connectivity index (χ2n) is 2.63. The third-order valence-corrected chi connectivity index (χ3v) is 4.29. The number of hydrogen-bond donors (Lipinski definition) is 0. The third kappa shape index (κ3) is 1.13. The number of aromatic nitrogens is 2. The number of aryl methyl sites for hydroxylation is 2. The molecule has 0 aliphatic heterocycles. The fourth-order valence-corrected chi connectivity index (χ4v) is 2.76. The second kappa shape index (κ2) is 2.92. The van der Waals surface area contributed by atoms with Gasteiger partial charge in [0, 0.05) is 0 Å². The number of fused-ring (bicyclic) bond motifs is 1. The van der Waals surface area contributed by atoms with Crippen molar-refractivity contribution in [2.75, 3.05) is 0 Å². The first-order valence-electron chi connectivity index (χ1n) is 3.56. The summed E-state index contributed by atoms with van der Waals surface area (Å²) in [5, 5.41) is 0. The quantitative estimate of drug-likeness (QED) is 0.697. The van der Waals surface area contributed by atoms with E-state index >= 15 is 0 Å². The molecule has 0 saturated heterocycles. The zero-order valence-electron chi connectivity index (χ0n) is 6.76. The average molecular weight is 290 g/mol. The fraction of sp³-hybridized carbons (Fsp3) is 0.250. The summed E-state index contributed by atoms with van der Waals surface area (Å²) in [4.78, 5) is 8.68. The topological polar surface area (TPSA) is 25.8 Å². The lowest BCUT2D eigenvalue weighted by atomic mass is 10.3. The highest BCUT2D eigenvalue weighted by Crippen LogP contribution is 2.27. The maximum atomic E-state index is 4.41. The van der Waals surface area contributed by atoms with Gasteiger partial charge in [0.25, 0.3) is 0 Å². The summed E-state index contributed by atoms with van der Waals surface area (Å²) in [6.07, 6.45) is 0. The zero-order chi connectivity index (χ0) is 8.72. The molecule has 2 heterocycles. The minimum atomic E-state index is 1.03. The normalized spacial score (nSPS) is 10.9. The van der Waals surface area contributed by atoms with E-state index in [1.165, 1.54) is 8.27 Å². The van der Waals surface area contributed by atoms with Crippen LogP contribution in [0.2, 0.25) is 0 Å². The molecule has 2 rings (SSSR count). The van der Waals surface area contributed by atoms with Crippen LogP contribution in [0.4, 0.5) is 0 Å². The van der Waals surface area contributed by atoms with Crippen molar-refractivity contribution in [1.29, 1.82) is 0 Å². The van der Waals surface area contributed by atoms with E-state index in [4.69, 9.17) is 0 Å². The van der Waals surface area contributed by atoms with Gasteiger partial charge in [0.05, 0.1) is 25.2 Å². The molecule has 4 heteroatoms. The van der Waals surface area contributed by atoms with Crippen molar-refractivity contribution in [3.05, 3.63) is 20.5 Å². The largest absolute Gasteiger partial charge is 0.255 e. The molecule has 0 aromatic carbocycles. The average Bonchev–Trinajstić information content (AvgIpc) is 2.48. The van der Waals surface area contributed by atoms with Crippen molar-refractivity contribution in [3.8, 4) is 0 Å². The molecule has 0 radical (unpaired) electrons. The SMILES string of the molecule is Cc1nc(C)c2ncsc2c1I. The zero-order valence-corrected chi connectivity index (χ0v) is 9.73. The van der Waals surface area contributed by atoms with E-state index in [-0.39, 0.29) is 0 Å². The van der Waals surface area contributed by atoms with E-state index < -0.39 is 0 Å². The monoisotopic (exact) mass is 290 g/mol. The first-order valence-corrected chi connectivity index (χ1v) is 5.52. The predicted molar refractivity (Wildman–Crippen MR) is 59.6 cm³/mol. The Labute approximate surface area is 88.2 Å². The van der Waals surface area contributed by atoms with Crippen LogP contribution < -0.4 is 0 Å². The molecule has 12 heavy (non-hydrogen) atoms. The van der Waals surface area contributed by atoms with Gasteiger partial charge in [0.1, 0.15) is 5.52 Å². The van der Waals surface area contributed by atoms with E-state index in [0.29, 0.717) is 0 Å². The van der Waals surface area contributed by atoms with Gasteiger partial charge in [-0.25, -0.2) is 4.98 Å². The van der Waals surface area contributed by atoms with Gasteiger partial charge in [0.2, 0.25) is 0 Å². The Kier molecular flexibility index (Phi) is 2.04. The van der Waals surface area contributed by atoms with Gasteiger partial charge in [-0.1, -0.05) is 0 Å². The lowest BCUT2D eigenvalue weighted by Gasteiger charge is -2.00. The number of halogens is 1. The number of thiazole rings is 1. The number of hydrogen-bond acceptors (Lipinski definition) is 3. The second-order valence-corrected chi connectivity index (χ2v) is 4.56. The van der Waals surface area contributed by atoms with Gasteiger partial charge in [-0.2, -0.15) is 0 Å². The molecular weight excluding hydrogens is 283 g/mol. The van der Waals surface area contributed by atoms with E-state index in [0.717, 1.165) is 16.9 Å². The standard InChI is InChI=1S/C8H7IN2S/c1-4-6(9)8-7(5(2)11-4)10-3-12-8/h3H,1-2H3. The van der Waals surface area contributed by atoms with Gasteiger partial charge in [-0.05, 0) is 36.4 Å². The molecular formula is C8H7IN2S. The Morgan fingerprint density at radius 1 is 1.33 bits per heavy atom. The highest BCUT2D eigenvalue weighted by Gasteiger charge is 2.08. The van der Waals surface area contributed by atoms with Crippen LogP contribution in [0.1, 0.15) is 11.4 Å². The summed E-state index contributed by atoms with van der Waals surface area (Å²) in [6.45, 7) is 4.04. The molecule has 0 aliphatic rings. The highest BCUT2D eigenvalue weighted by molar-refractivity contribution is 14.1. The molecule has 0 unspecified atom stereocenters. The summed E-state index contributed by atoms with van der Waals surface area (Å²) in [7, 11) is 0. The molecule has 0 saturated carbocycles. The Morgan fingerprint density at radius 2 is 2.08 bits per heavy atom. The van der Waals surface area contributed by atoms with Crippen LogP contribution in [-0.2, 0) is 0 Å². The van der Waals surface area contributed by atoms with Crippen molar-refractivity contribution < 1.29 is 0 Å². The summed E-state index contributed by atoms with van der Waals surface area (Å²) in [5.41, 5.74) is 5.06. The number of nitrogens with zero attached hydrogens (tertiary/aromatic N) is 2. The van der Waals surface area contributed by atoms with Gasteiger partial charge >= 0.3 is 0 Å². The molecule has 2 aromatic heterocycles. The number of rotatable bonds is 0. The fourth-order valence-electron chi connectivity index (χ4n) is 1.18. The minimum Gasteiger partial charge on any atom is -0.255 e. The van der Waals surface area contributed by atoms with Crippen LogP contribution in [0, 0.1) is 17.4 Å². The van der Waals surface area contributed by atoms with Crippen molar-refractivity contribution in [1.82, 2.24) is 9.97 Å². The molecule has 0 atom stereocenters.